The van der Waals surface area contributed by atoms with E-state index in [2.05, 4.69) is 34.0 Å². The molecule has 188 valence electrons. The van der Waals surface area contributed by atoms with Crippen LogP contribution in [-0.4, -0.2) is 42.0 Å². The lowest BCUT2D eigenvalue weighted by Crippen LogP contribution is -2.37. The number of pyridine rings is 1. The number of aromatic nitrogens is 5. The first-order chi connectivity index (χ1) is 17.8. The fourth-order valence-corrected chi connectivity index (χ4v) is 6.31. The van der Waals surface area contributed by atoms with Gasteiger partial charge in [0.05, 0.1) is 40.4 Å². The molecule has 1 saturated carbocycles. The molecule has 2 N–H and O–H groups in total. The van der Waals surface area contributed by atoms with Gasteiger partial charge in [-0.15, -0.1) is 5.10 Å². The Hall–Kier alpha value is -3.69. The third-order valence-electron chi connectivity index (χ3n) is 8.23. The van der Waals surface area contributed by atoms with Gasteiger partial charge in [0.2, 0.25) is 0 Å². The first-order valence-electron chi connectivity index (χ1n) is 12.2. The number of halogens is 2. The normalized spacial score (nSPS) is 22.2. The summed E-state index contributed by atoms with van der Waals surface area (Å²) in [6.07, 6.45) is 3.73. The Kier molecular flexibility index (Phi) is 5.40. The summed E-state index contributed by atoms with van der Waals surface area (Å²) in [5.41, 5.74) is 3.20. The summed E-state index contributed by atoms with van der Waals surface area (Å²) in [7, 11) is 0. The van der Waals surface area contributed by atoms with Gasteiger partial charge in [0.15, 0.2) is 5.82 Å². The molecule has 0 saturated heterocycles. The molecule has 1 unspecified atom stereocenters. The highest BCUT2D eigenvalue weighted by Crippen LogP contribution is 2.69. The summed E-state index contributed by atoms with van der Waals surface area (Å²) in [4.78, 5) is 13.4. The number of hydrogen-bond acceptors (Lipinski definition) is 7. The maximum atomic E-state index is 14.5. The van der Waals surface area contributed by atoms with Gasteiger partial charge < -0.3 is 10.2 Å². The molecule has 2 aliphatic carbocycles. The molecule has 9 heteroatoms. The molecule has 3 atom stereocenters. The predicted molar refractivity (Wildman–Crippen MR) is 131 cm³/mol. The van der Waals surface area contributed by atoms with E-state index in [1.807, 2.05) is 18.2 Å². The van der Waals surface area contributed by atoms with Crippen LogP contribution in [0.5, 0.6) is 0 Å². The number of aliphatic hydroxyl groups is 2. The second kappa shape index (κ2) is 8.43. The van der Waals surface area contributed by atoms with Crippen LogP contribution in [0.1, 0.15) is 61.5 Å². The molecule has 6 rings (SSSR count). The zero-order valence-corrected chi connectivity index (χ0v) is 20.4. The third-order valence-corrected chi connectivity index (χ3v) is 8.23. The summed E-state index contributed by atoms with van der Waals surface area (Å²) in [5.74, 6) is -1.05. The summed E-state index contributed by atoms with van der Waals surface area (Å²) in [5, 5.41) is 27.8. The Morgan fingerprint density at radius 3 is 2.41 bits per heavy atom. The minimum absolute atomic E-state index is 0.139. The number of rotatable bonds is 5. The van der Waals surface area contributed by atoms with Crippen molar-refractivity contribution in [2.75, 3.05) is 6.61 Å². The largest absolute Gasteiger partial charge is 0.393 e. The van der Waals surface area contributed by atoms with Gasteiger partial charge in [0.1, 0.15) is 17.7 Å². The highest BCUT2D eigenvalue weighted by molar-refractivity contribution is 5.65. The first-order valence-corrected chi connectivity index (χ1v) is 12.2. The monoisotopic (exact) mass is 501 g/mol. The molecule has 0 spiro atoms. The van der Waals surface area contributed by atoms with E-state index in [1.165, 1.54) is 18.2 Å². The molecule has 0 aliphatic heterocycles. The Morgan fingerprint density at radius 2 is 1.70 bits per heavy atom. The summed E-state index contributed by atoms with van der Waals surface area (Å²) in [6, 6.07) is 11.4. The SMILES string of the molecule is CC1(C)[C@H]2CC[C@]1(c1cccc(-c3cnc(C(O)CO)nc3)n1)c1nnc(-c3c(F)cccc3F)cc12. The van der Waals surface area contributed by atoms with Gasteiger partial charge in [0, 0.05) is 18.0 Å². The Balaban J connectivity index is 1.45. The van der Waals surface area contributed by atoms with Gasteiger partial charge in [-0.1, -0.05) is 26.0 Å². The minimum atomic E-state index is -1.14. The van der Waals surface area contributed by atoms with Crippen LogP contribution < -0.4 is 0 Å². The van der Waals surface area contributed by atoms with Crippen molar-refractivity contribution in [3.63, 3.8) is 0 Å². The number of nitrogens with zero attached hydrogens (tertiary/aromatic N) is 5. The van der Waals surface area contributed by atoms with E-state index in [1.54, 1.807) is 18.5 Å². The van der Waals surface area contributed by atoms with Crippen LogP contribution in [0.15, 0.2) is 54.9 Å². The second-order valence-electron chi connectivity index (χ2n) is 10.3. The van der Waals surface area contributed by atoms with E-state index in [0.29, 0.717) is 11.3 Å². The maximum Gasteiger partial charge on any atom is 0.159 e. The van der Waals surface area contributed by atoms with Gasteiger partial charge in [-0.05, 0) is 60.1 Å². The predicted octanol–water partition coefficient (Wildman–Crippen LogP) is 4.50. The van der Waals surface area contributed by atoms with Gasteiger partial charge >= 0.3 is 0 Å². The zero-order chi connectivity index (χ0) is 25.9. The highest BCUT2D eigenvalue weighted by Gasteiger charge is 2.65. The van der Waals surface area contributed by atoms with Crippen molar-refractivity contribution >= 4 is 0 Å². The molecule has 0 amide bonds. The smallest absolute Gasteiger partial charge is 0.159 e. The van der Waals surface area contributed by atoms with Crippen LogP contribution in [0.3, 0.4) is 0 Å². The molecule has 3 aromatic heterocycles. The number of fused-ring (bicyclic) bond motifs is 5. The van der Waals surface area contributed by atoms with Gasteiger partial charge in [0.25, 0.3) is 0 Å². The van der Waals surface area contributed by atoms with Gasteiger partial charge in [-0.3, -0.25) is 4.98 Å². The molecule has 37 heavy (non-hydrogen) atoms. The summed E-state index contributed by atoms with van der Waals surface area (Å²) >= 11 is 0. The van der Waals surface area contributed by atoms with Gasteiger partial charge in [-0.25, -0.2) is 18.7 Å². The van der Waals surface area contributed by atoms with Crippen molar-refractivity contribution in [3.8, 4) is 22.5 Å². The van der Waals surface area contributed by atoms with Crippen LogP contribution >= 0.6 is 0 Å². The fraction of sp³-hybridized carbons (Fsp3) is 0.321. The molecule has 0 radical (unpaired) electrons. The first kappa shape index (κ1) is 23.7. The second-order valence-corrected chi connectivity index (χ2v) is 10.3. The number of hydrogen-bond donors (Lipinski definition) is 2. The van der Waals surface area contributed by atoms with Gasteiger partial charge in [-0.2, -0.15) is 5.10 Å². The molecule has 7 nitrogen and oxygen atoms in total. The molecule has 2 aliphatic rings. The van der Waals surface area contributed by atoms with Crippen LogP contribution in [-0.2, 0) is 5.41 Å². The Morgan fingerprint density at radius 1 is 1.00 bits per heavy atom. The Bertz CT molecular complexity index is 1490. The lowest BCUT2D eigenvalue weighted by molar-refractivity contribution is 0.0886. The summed E-state index contributed by atoms with van der Waals surface area (Å²) < 4.78 is 29.0. The van der Waals surface area contributed by atoms with Crippen molar-refractivity contribution in [2.24, 2.45) is 5.41 Å². The van der Waals surface area contributed by atoms with E-state index in [-0.39, 0.29) is 28.4 Å². The fourth-order valence-electron chi connectivity index (χ4n) is 6.31. The minimum Gasteiger partial charge on any atom is -0.393 e. The van der Waals surface area contributed by atoms with E-state index >= 15 is 0 Å². The van der Waals surface area contributed by atoms with E-state index in [9.17, 15) is 13.9 Å². The molecule has 2 bridgehead atoms. The molecule has 4 aromatic rings. The quantitative estimate of drug-likeness (QED) is 0.415. The lowest BCUT2D eigenvalue weighted by Gasteiger charge is -2.37. The van der Waals surface area contributed by atoms with Crippen molar-refractivity contribution in [3.05, 3.63) is 89.3 Å². The molecule has 3 heterocycles. The summed E-state index contributed by atoms with van der Waals surface area (Å²) in [6.45, 7) is 3.92. The third kappa shape index (κ3) is 3.34. The molecule has 1 fully saturated rings. The topological polar surface area (TPSA) is 105 Å². The van der Waals surface area contributed by atoms with E-state index < -0.39 is 29.8 Å². The van der Waals surface area contributed by atoms with E-state index in [0.717, 1.165) is 29.8 Å². The average molecular weight is 502 g/mol. The van der Waals surface area contributed by atoms with Crippen LogP contribution in [0, 0.1) is 17.0 Å². The molecular weight excluding hydrogens is 476 g/mol. The molecular formula is C28H25F2N5O2. The van der Waals surface area contributed by atoms with Crippen LogP contribution in [0.2, 0.25) is 0 Å². The standard InChI is InChI=1S/C28H25F2N5O2/c1-27(2)17-9-10-28(27,25-16(17)11-21(34-35-25)24-18(29)5-3-6-19(24)30)23-8-4-7-20(33-23)15-12-31-26(32-13-15)22(37)14-36/h3-8,11-13,17,22,36-37H,9-10,14H2,1-2H3/t17-,22?,28-/m0/s1. The number of benzene rings is 1. The molecule has 1 aromatic carbocycles. The Labute approximate surface area is 212 Å². The van der Waals surface area contributed by atoms with E-state index in [4.69, 9.17) is 10.1 Å². The zero-order valence-electron chi connectivity index (χ0n) is 20.4. The van der Waals surface area contributed by atoms with Crippen molar-refractivity contribution < 1.29 is 19.0 Å². The van der Waals surface area contributed by atoms with Crippen molar-refractivity contribution in [2.45, 2.75) is 44.1 Å². The van der Waals surface area contributed by atoms with Crippen molar-refractivity contribution in [1.29, 1.82) is 0 Å². The van der Waals surface area contributed by atoms with Crippen LogP contribution in [0.4, 0.5) is 8.78 Å². The number of aliphatic hydroxyl groups excluding tert-OH is 2. The average Bonchev–Trinajstić information content (AvgIpc) is 3.29. The lowest BCUT2D eigenvalue weighted by atomic mass is 9.66. The maximum absolute atomic E-state index is 14.5. The van der Waals surface area contributed by atoms with Crippen molar-refractivity contribution in [1.82, 2.24) is 25.1 Å². The van der Waals surface area contributed by atoms with Crippen LogP contribution in [0.25, 0.3) is 22.5 Å². The highest BCUT2D eigenvalue weighted by atomic mass is 19.1.